The Kier molecular flexibility index (Phi) is 5.54. The van der Waals surface area contributed by atoms with E-state index in [0.29, 0.717) is 0 Å². The van der Waals surface area contributed by atoms with Crippen molar-refractivity contribution in [1.82, 2.24) is 4.98 Å². The summed E-state index contributed by atoms with van der Waals surface area (Å²) in [6.07, 6.45) is 0. The quantitative estimate of drug-likeness (QED) is 0.192. The highest BCUT2D eigenvalue weighted by Crippen LogP contribution is 2.46. The maximum atomic E-state index is 6.61. The summed E-state index contributed by atoms with van der Waals surface area (Å²) in [6.45, 7) is 0. The number of nitrogens with zero attached hydrogens (tertiary/aromatic N) is 1. The van der Waals surface area contributed by atoms with E-state index in [-0.39, 0.29) is 0 Å². The van der Waals surface area contributed by atoms with Gasteiger partial charge in [0.15, 0.2) is 0 Å². The Bertz CT molecular complexity index is 3040. The molecule has 4 heteroatoms. The standard InChI is InChI=1S/C45H25NO2S/c1-5-19-36-32(17-1)40(42-33-18-4-8-22-39(33)49-45(42)46-36)28-13-9-11-26(23-28)27-12-10-14-29(24-27)41-43-34(30-15-2-6-20-37(30)47-43)25-35-31-16-3-7-21-38(31)48-44(35)41/h1-25H. The van der Waals surface area contributed by atoms with Gasteiger partial charge in [0.05, 0.1) is 11.1 Å². The topological polar surface area (TPSA) is 39.2 Å². The molecule has 11 aromatic rings. The molecule has 0 unspecified atom stereocenters. The third-order valence-electron chi connectivity index (χ3n) is 9.87. The molecule has 4 aromatic heterocycles. The molecule has 11 rings (SSSR count). The van der Waals surface area contributed by atoms with E-state index in [2.05, 4.69) is 127 Å². The lowest BCUT2D eigenvalue weighted by Crippen LogP contribution is -1.88. The van der Waals surface area contributed by atoms with Crippen molar-refractivity contribution in [2.75, 3.05) is 0 Å². The van der Waals surface area contributed by atoms with Crippen molar-refractivity contribution >= 4 is 86.4 Å². The largest absolute Gasteiger partial charge is 0.455 e. The predicted molar refractivity (Wildman–Crippen MR) is 205 cm³/mol. The first kappa shape index (κ1) is 26.8. The van der Waals surface area contributed by atoms with Crippen molar-refractivity contribution in [3.63, 3.8) is 0 Å². The van der Waals surface area contributed by atoms with E-state index in [1.54, 1.807) is 11.3 Å². The van der Waals surface area contributed by atoms with Crippen LogP contribution in [0.3, 0.4) is 0 Å². The molecule has 228 valence electrons. The van der Waals surface area contributed by atoms with E-state index < -0.39 is 0 Å². The number of hydrogen-bond acceptors (Lipinski definition) is 4. The van der Waals surface area contributed by atoms with E-state index in [1.165, 1.54) is 26.6 Å². The fourth-order valence-corrected chi connectivity index (χ4v) is 8.78. The summed E-state index contributed by atoms with van der Waals surface area (Å²) < 4.78 is 14.5. The predicted octanol–water partition coefficient (Wildman–Crippen LogP) is 13.4. The highest BCUT2D eigenvalue weighted by molar-refractivity contribution is 7.25. The Morgan fingerprint density at radius 3 is 1.61 bits per heavy atom. The monoisotopic (exact) mass is 643 g/mol. The third kappa shape index (κ3) is 3.92. The van der Waals surface area contributed by atoms with Crippen molar-refractivity contribution in [2.24, 2.45) is 0 Å². The van der Waals surface area contributed by atoms with Gasteiger partial charge < -0.3 is 8.83 Å². The lowest BCUT2D eigenvalue weighted by molar-refractivity contribution is 0.658. The number of pyridine rings is 1. The summed E-state index contributed by atoms with van der Waals surface area (Å²) in [5.41, 5.74) is 11.1. The van der Waals surface area contributed by atoms with Gasteiger partial charge in [0, 0.05) is 48.0 Å². The van der Waals surface area contributed by atoms with Crippen LogP contribution < -0.4 is 0 Å². The summed E-state index contributed by atoms with van der Waals surface area (Å²) in [5.74, 6) is 0. The Balaban J connectivity index is 1.15. The number of rotatable bonds is 3. The molecular weight excluding hydrogens is 619 g/mol. The first-order chi connectivity index (χ1) is 24.3. The molecule has 0 aliphatic rings. The second-order valence-corrected chi connectivity index (χ2v) is 13.7. The second-order valence-electron chi connectivity index (χ2n) is 12.6. The van der Waals surface area contributed by atoms with Crippen LogP contribution in [0.5, 0.6) is 0 Å². The van der Waals surface area contributed by atoms with Gasteiger partial charge in [-0.25, -0.2) is 4.98 Å². The molecular formula is C45H25NO2S. The molecule has 0 bridgehead atoms. The Morgan fingerprint density at radius 1 is 0.408 bits per heavy atom. The van der Waals surface area contributed by atoms with Crippen molar-refractivity contribution in [2.45, 2.75) is 0 Å². The van der Waals surface area contributed by atoms with Crippen molar-refractivity contribution in [3.05, 3.63) is 152 Å². The number of aromatic nitrogens is 1. The Morgan fingerprint density at radius 2 is 0.939 bits per heavy atom. The van der Waals surface area contributed by atoms with Crippen LogP contribution in [0, 0.1) is 0 Å². The average Bonchev–Trinajstić information content (AvgIpc) is 3.84. The highest BCUT2D eigenvalue weighted by Gasteiger charge is 2.22. The van der Waals surface area contributed by atoms with Crippen molar-refractivity contribution in [3.8, 4) is 33.4 Å². The van der Waals surface area contributed by atoms with Crippen molar-refractivity contribution < 1.29 is 8.83 Å². The molecule has 3 nitrogen and oxygen atoms in total. The van der Waals surface area contributed by atoms with E-state index in [4.69, 9.17) is 13.8 Å². The molecule has 0 saturated carbocycles. The van der Waals surface area contributed by atoms with Crippen LogP contribution in [0.4, 0.5) is 0 Å². The zero-order valence-corrected chi connectivity index (χ0v) is 26.9. The minimum absolute atomic E-state index is 0.841. The second kappa shape index (κ2) is 10.1. The van der Waals surface area contributed by atoms with Gasteiger partial charge in [-0.05, 0) is 64.7 Å². The molecule has 0 spiro atoms. The van der Waals surface area contributed by atoms with Crippen LogP contribution >= 0.6 is 11.3 Å². The number of thiophene rings is 1. The molecule has 4 heterocycles. The first-order valence-electron chi connectivity index (χ1n) is 16.5. The summed E-state index contributed by atoms with van der Waals surface area (Å²) >= 11 is 1.76. The van der Waals surface area contributed by atoms with E-state index in [1.807, 2.05) is 24.3 Å². The van der Waals surface area contributed by atoms with Crippen LogP contribution in [-0.2, 0) is 0 Å². The Labute approximate surface area is 284 Å². The van der Waals surface area contributed by atoms with Crippen LogP contribution in [0.15, 0.2) is 160 Å². The summed E-state index contributed by atoms with van der Waals surface area (Å²) in [5, 5.41) is 8.01. The SMILES string of the molecule is c1cc(-c2cccc(-c3c4ccccc4nc4sc5ccccc5c34)c2)cc(-c2c3oc4ccccc4c3cc3c2oc2ccccc23)c1. The molecule has 0 N–H and O–H groups in total. The fourth-order valence-electron chi connectivity index (χ4n) is 7.69. The van der Waals surface area contributed by atoms with E-state index in [0.717, 1.165) is 81.9 Å². The first-order valence-corrected chi connectivity index (χ1v) is 17.3. The molecule has 0 atom stereocenters. The van der Waals surface area contributed by atoms with Gasteiger partial charge in [0.2, 0.25) is 0 Å². The molecule has 0 amide bonds. The summed E-state index contributed by atoms with van der Waals surface area (Å²) in [6, 6.07) is 53.6. The number of furan rings is 2. The maximum Gasteiger partial charge on any atom is 0.147 e. The fraction of sp³-hybridized carbons (Fsp3) is 0. The lowest BCUT2D eigenvalue weighted by Gasteiger charge is -2.12. The Hall–Kier alpha value is -6.23. The van der Waals surface area contributed by atoms with Gasteiger partial charge >= 0.3 is 0 Å². The smallest absolute Gasteiger partial charge is 0.147 e. The van der Waals surface area contributed by atoms with Crippen LogP contribution in [0.25, 0.3) is 108 Å². The van der Waals surface area contributed by atoms with Gasteiger partial charge in [-0.15, -0.1) is 11.3 Å². The zero-order valence-electron chi connectivity index (χ0n) is 26.1. The van der Waals surface area contributed by atoms with Gasteiger partial charge in [0.25, 0.3) is 0 Å². The van der Waals surface area contributed by atoms with Gasteiger partial charge in [-0.1, -0.05) is 109 Å². The third-order valence-corrected chi connectivity index (χ3v) is 10.9. The van der Waals surface area contributed by atoms with E-state index in [9.17, 15) is 0 Å². The van der Waals surface area contributed by atoms with Gasteiger partial charge in [0.1, 0.15) is 27.2 Å². The zero-order chi connectivity index (χ0) is 32.1. The molecule has 7 aromatic carbocycles. The molecule has 0 radical (unpaired) electrons. The summed E-state index contributed by atoms with van der Waals surface area (Å²) in [4.78, 5) is 6.17. The highest BCUT2D eigenvalue weighted by atomic mass is 32.1. The molecule has 0 aliphatic carbocycles. The lowest BCUT2D eigenvalue weighted by atomic mass is 9.92. The van der Waals surface area contributed by atoms with Gasteiger partial charge in [-0.3, -0.25) is 0 Å². The minimum atomic E-state index is 0.841. The maximum absolute atomic E-state index is 6.61. The molecule has 0 aliphatic heterocycles. The molecule has 0 fully saturated rings. The van der Waals surface area contributed by atoms with Crippen LogP contribution in [0.1, 0.15) is 0 Å². The van der Waals surface area contributed by atoms with Gasteiger partial charge in [-0.2, -0.15) is 0 Å². The molecule has 0 saturated heterocycles. The van der Waals surface area contributed by atoms with Crippen LogP contribution in [-0.4, -0.2) is 4.98 Å². The number of para-hydroxylation sites is 3. The summed E-state index contributed by atoms with van der Waals surface area (Å²) in [7, 11) is 0. The van der Waals surface area contributed by atoms with Crippen LogP contribution in [0.2, 0.25) is 0 Å². The minimum Gasteiger partial charge on any atom is -0.455 e. The van der Waals surface area contributed by atoms with E-state index >= 15 is 0 Å². The average molecular weight is 644 g/mol. The number of hydrogen-bond donors (Lipinski definition) is 0. The normalized spacial score (nSPS) is 12.1. The molecule has 49 heavy (non-hydrogen) atoms. The number of fused-ring (bicyclic) bond motifs is 10. The van der Waals surface area contributed by atoms with Crippen molar-refractivity contribution in [1.29, 1.82) is 0 Å². The number of benzene rings is 7.